The van der Waals surface area contributed by atoms with E-state index in [-0.39, 0.29) is 12.1 Å². The number of ether oxygens (including phenoxy) is 1. The topological polar surface area (TPSA) is 92.2 Å². The predicted molar refractivity (Wildman–Crippen MR) is 82.6 cm³/mol. The lowest BCUT2D eigenvalue weighted by atomic mass is 10.1. The molecule has 1 heterocycles. The molecule has 0 radical (unpaired) electrons. The van der Waals surface area contributed by atoms with Gasteiger partial charge in [0.2, 0.25) is 11.9 Å². The smallest absolute Gasteiger partial charge is 0.323 e. The Morgan fingerprint density at radius 2 is 1.95 bits per heavy atom. The first-order chi connectivity index (χ1) is 9.36. The third-order valence-electron chi connectivity index (χ3n) is 2.26. The van der Waals surface area contributed by atoms with Crippen LogP contribution in [-0.2, 0) is 0 Å². The molecule has 1 aromatic rings. The molecule has 0 amide bonds. The highest BCUT2D eigenvalue weighted by Gasteiger charge is 2.20. The monoisotopic (exact) mass is 301 g/mol. The normalized spacial score (nSPS) is 13.9. The molecule has 3 N–H and O–H groups in total. The molecule has 0 aromatic carbocycles. The van der Waals surface area contributed by atoms with E-state index >= 15 is 0 Å². The molecule has 0 aliphatic heterocycles. The quantitative estimate of drug-likeness (QED) is 0.660. The standard InChI is InChI=1S/C12H23N5O2S/c1-8(2)19-11-16-9(13-4)15-10(17-11)14-6-12(3,18)7-20-5/h8,18H,6-7H2,1-5H3,(H2,13,14,15,16,17). The summed E-state index contributed by atoms with van der Waals surface area (Å²) in [5.74, 6) is 1.42. The summed E-state index contributed by atoms with van der Waals surface area (Å²) in [7, 11) is 1.72. The highest BCUT2D eigenvalue weighted by Crippen LogP contribution is 2.15. The maximum absolute atomic E-state index is 10.1. The number of aromatic nitrogens is 3. The molecule has 0 aliphatic rings. The van der Waals surface area contributed by atoms with Crippen molar-refractivity contribution in [2.75, 3.05) is 36.2 Å². The van der Waals surface area contributed by atoms with E-state index in [0.717, 1.165) is 0 Å². The number of nitrogens with zero attached hydrogens (tertiary/aromatic N) is 3. The zero-order valence-electron chi connectivity index (χ0n) is 12.6. The summed E-state index contributed by atoms with van der Waals surface area (Å²) in [6.07, 6.45) is 1.93. The Bertz CT molecular complexity index is 428. The van der Waals surface area contributed by atoms with Crippen LogP contribution >= 0.6 is 11.8 Å². The lowest BCUT2D eigenvalue weighted by Gasteiger charge is -2.22. The van der Waals surface area contributed by atoms with Gasteiger partial charge in [-0.3, -0.25) is 0 Å². The van der Waals surface area contributed by atoms with E-state index in [1.54, 1.807) is 25.7 Å². The summed E-state index contributed by atoms with van der Waals surface area (Å²) in [5, 5.41) is 16.0. The molecule has 20 heavy (non-hydrogen) atoms. The molecular formula is C12H23N5O2S. The van der Waals surface area contributed by atoms with Gasteiger partial charge in [0, 0.05) is 19.3 Å². The molecule has 0 saturated carbocycles. The number of hydrogen-bond acceptors (Lipinski definition) is 8. The first-order valence-electron chi connectivity index (χ1n) is 6.42. The minimum Gasteiger partial charge on any atom is -0.461 e. The van der Waals surface area contributed by atoms with Gasteiger partial charge in [-0.05, 0) is 27.0 Å². The Kier molecular flexibility index (Phi) is 6.28. The molecule has 7 nitrogen and oxygen atoms in total. The molecule has 0 saturated heterocycles. The summed E-state index contributed by atoms with van der Waals surface area (Å²) >= 11 is 1.58. The number of anilines is 2. The van der Waals surface area contributed by atoms with Crippen molar-refractivity contribution in [2.45, 2.75) is 32.5 Å². The zero-order valence-corrected chi connectivity index (χ0v) is 13.4. The van der Waals surface area contributed by atoms with Crippen molar-refractivity contribution in [1.29, 1.82) is 0 Å². The third kappa shape index (κ3) is 5.79. The lowest BCUT2D eigenvalue weighted by Crippen LogP contribution is -2.36. The molecule has 1 unspecified atom stereocenters. The van der Waals surface area contributed by atoms with Gasteiger partial charge in [-0.1, -0.05) is 0 Å². The van der Waals surface area contributed by atoms with Crippen LogP contribution in [-0.4, -0.2) is 57.4 Å². The average Bonchev–Trinajstić information content (AvgIpc) is 2.35. The van der Waals surface area contributed by atoms with Crippen LogP contribution in [0, 0.1) is 0 Å². The molecule has 0 bridgehead atoms. The minimum atomic E-state index is -0.828. The van der Waals surface area contributed by atoms with Gasteiger partial charge in [0.1, 0.15) is 0 Å². The third-order valence-corrected chi connectivity index (χ3v) is 3.17. The molecule has 114 valence electrons. The first kappa shape index (κ1) is 16.8. The van der Waals surface area contributed by atoms with E-state index in [1.807, 2.05) is 20.1 Å². The fourth-order valence-electron chi connectivity index (χ4n) is 1.44. The van der Waals surface area contributed by atoms with Crippen molar-refractivity contribution in [3.63, 3.8) is 0 Å². The molecule has 0 spiro atoms. The van der Waals surface area contributed by atoms with E-state index in [4.69, 9.17) is 4.74 Å². The van der Waals surface area contributed by atoms with Crippen molar-refractivity contribution in [1.82, 2.24) is 15.0 Å². The summed E-state index contributed by atoms with van der Waals surface area (Å²) in [6.45, 7) is 5.92. The molecule has 1 rings (SSSR count). The van der Waals surface area contributed by atoms with Crippen LogP contribution in [0.5, 0.6) is 6.01 Å². The molecule has 8 heteroatoms. The van der Waals surface area contributed by atoms with Crippen LogP contribution in [0.1, 0.15) is 20.8 Å². The van der Waals surface area contributed by atoms with Crippen molar-refractivity contribution < 1.29 is 9.84 Å². The summed E-state index contributed by atoms with van der Waals surface area (Å²) in [6, 6.07) is 0.256. The largest absolute Gasteiger partial charge is 0.461 e. The van der Waals surface area contributed by atoms with Crippen LogP contribution in [0.15, 0.2) is 0 Å². The van der Waals surface area contributed by atoms with E-state index in [2.05, 4.69) is 25.6 Å². The van der Waals surface area contributed by atoms with Crippen LogP contribution in [0.4, 0.5) is 11.9 Å². The second-order valence-corrected chi connectivity index (χ2v) is 5.83. The maximum atomic E-state index is 10.1. The van der Waals surface area contributed by atoms with Crippen LogP contribution < -0.4 is 15.4 Å². The Morgan fingerprint density at radius 3 is 2.50 bits per heavy atom. The SMILES string of the molecule is CNc1nc(NCC(C)(O)CSC)nc(OC(C)C)n1. The van der Waals surface area contributed by atoms with E-state index in [1.165, 1.54) is 0 Å². The Labute approximate surface area is 124 Å². The number of aliphatic hydroxyl groups is 1. The molecule has 0 aliphatic carbocycles. The minimum absolute atomic E-state index is 0.0189. The Balaban J connectivity index is 2.78. The van der Waals surface area contributed by atoms with Crippen molar-refractivity contribution in [3.05, 3.63) is 0 Å². The highest BCUT2D eigenvalue weighted by molar-refractivity contribution is 7.98. The number of hydrogen-bond donors (Lipinski definition) is 3. The summed E-state index contributed by atoms with van der Waals surface area (Å²) in [5.41, 5.74) is -0.828. The van der Waals surface area contributed by atoms with Gasteiger partial charge in [0.05, 0.1) is 11.7 Å². The van der Waals surface area contributed by atoms with Gasteiger partial charge in [-0.15, -0.1) is 0 Å². The first-order valence-corrected chi connectivity index (χ1v) is 7.81. The number of nitrogens with one attached hydrogen (secondary N) is 2. The number of thioether (sulfide) groups is 1. The second-order valence-electron chi connectivity index (χ2n) is 4.97. The molecular weight excluding hydrogens is 278 g/mol. The fourth-order valence-corrected chi connectivity index (χ4v) is 2.17. The van der Waals surface area contributed by atoms with Gasteiger partial charge in [-0.25, -0.2) is 0 Å². The Morgan fingerprint density at radius 1 is 1.30 bits per heavy atom. The number of rotatable bonds is 8. The van der Waals surface area contributed by atoms with E-state index in [0.29, 0.717) is 24.2 Å². The van der Waals surface area contributed by atoms with Gasteiger partial charge >= 0.3 is 6.01 Å². The van der Waals surface area contributed by atoms with Crippen LogP contribution in [0.3, 0.4) is 0 Å². The van der Waals surface area contributed by atoms with Crippen molar-refractivity contribution in [3.8, 4) is 6.01 Å². The van der Waals surface area contributed by atoms with Crippen LogP contribution in [0.25, 0.3) is 0 Å². The van der Waals surface area contributed by atoms with E-state index in [9.17, 15) is 5.11 Å². The second kappa shape index (κ2) is 7.49. The Hall–Kier alpha value is -1.28. The fraction of sp³-hybridized carbons (Fsp3) is 0.750. The summed E-state index contributed by atoms with van der Waals surface area (Å²) < 4.78 is 5.47. The lowest BCUT2D eigenvalue weighted by molar-refractivity contribution is 0.0994. The molecule has 1 aromatic heterocycles. The predicted octanol–water partition coefficient (Wildman–Crippen LogP) is 1.23. The maximum Gasteiger partial charge on any atom is 0.323 e. The highest BCUT2D eigenvalue weighted by atomic mass is 32.2. The average molecular weight is 301 g/mol. The van der Waals surface area contributed by atoms with Crippen molar-refractivity contribution >= 4 is 23.7 Å². The van der Waals surface area contributed by atoms with Gasteiger partial charge in [0.25, 0.3) is 0 Å². The zero-order chi connectivity index (χ0) is 15.2. The van der Waals surface area contributed by atoms with Gasteiger partial charge in [-0.2, -0.15) is 26.7 Å². The van der Waals surface area contributed by atoms with Gasteiger partial charge < -0.3 is 20.5 Å². The molecule has 1 atom stereocenters. The molecule has 0 fully saturated rings. The van der Waals surface area contributed by atoms with E-state index < -0.39 is 5.60 Å². The summed E-state index contributed by atoms with van der Waals surface area (Å²) in [4.78, 5) is 12.5. The van der Waals surface area contributed by atoms with Crippen molar-refractivity contribution in [2.24, 2.45) is 0 Å². The van der Waals surface area contributed by atoms with Crippen LogP contribution in [0.2, 0.25) is 0 Å². The van der Waals surface area contributed by atoms with Gasteiger partial charge in [0.15, 0.2) is 0 Å².